The predicted molar refractivity (Wildman–Crippen MR) is 47.7 cm³/mol. The average Bonchev–Trinajstić information content (AvgIpc) is 2.43. The third kappa shape index (κ3) is 1.06. The van der Waals surface area contributed by atoms with Crippen LogP contribution >= 0.6 is 0 Å². The second-order valence-corrected chi connectivity index (χ2v) is 3.13. The number of fused-ring (bicyclic) bond motifs is 1. The Kier molecular flexibility index (Phi) is 1.73. The molecule has 5 heteroatoms. The third-order valence-corrected chi connectivity index (χ3v) is 2.21. The van der Waals surface area contributed by atoms with Crippen molar-refractivity contribution >= 4 is 11.6 Å². The minimum absolute atomic E-state index is 0.131. The van der Waals surface area contributed by atoms with Crippen LogP contribution in [0.1, 0.15) is 15.9 Å². The van der Waals surface area contributed by atoms with Crippen LogP contribution in [-0.2, 0) is 6.54 Å². The summed E-state index contributed by atoms with van der Waals surface area (Å²) in [6.45, 7) is 0.399. The lowest BCUT2D eigenvalue weighted by molar-refractivity contribution is -0.385. The molecule has 0 atom stereocenters. The molecule has 0 aromatic heterocycles. The molecule has 0 N–H and O–H groups in total. The Morgan fingerprint density at radius 1 is 1.64 bits per heavy atom. The fourth-order valence-corrected chi connectivity index (χ4v) is 1.55. The Balaban J connectivity index is 2.64. The second kappa shape index (κ2) is 2.80. The van der Waals surface area contributed by atoms with Crippen LogP contribution in [0.4, 0.5) is 5.69 Å². The van der Waals surface area contributed by atoms with Crippen LogP contribution in [-0.4, -0.2) is 22.8 Å². The van der Waals surface area contributed by atoms with Gasteiger partial charge in [-0.3, -0.25) is 14.9 Å². The van der Waals surface area contributed by atoms with E-state index in [1.54, 1.807) is 7.05 Å². The van der Waals surface area contributed by atoms with Gasteiger partial charge in [-0.15, -0.1) is 0 Å². The summed E-state index contributed by atoms with van der Waals surface area (Å²) in [5.41, 5.74) is 0.653. The minimum Gasteiger partial charge on any atom is -0.337 e. The molecule has 71 valence electrons. The standard InChI is InChI=1S/C9H7N2O3/c1-10-5-6-3-2-4-7(11(13)14)8(6)9(10)12/h2,4H,5H2,1H3. The van der Waals surface area contributed by atoms with E-state index < -0.39 is 4.92 Å². The van der Waals surface area contributed by atoms with Gasteiger partial charge in [0.05, 0.1) is 4.92 Å². The number of amides is 1. The molecule has 5 nitrogen and oxygen atoms in total. The summed E-state index contributed by atoms with van der Waals surface area (Å²) in [5, 5.41) is 10.6. The van der Waals surface area contributed by atoms with Crippen LogP contribution < -0.4 is 0 Å². The highest BCUT2D eigenvalue weighted by Gasteiger charge is 2.32. The first-order chi connectivity index (χ1) is 6.61. The van der Waals surface area contributed by atoms with E-state index >= 15 is 0 Å². The first-order valence-electron chi connectivity index (χ1n) is 4.04. The zero-order chi connectivity index (χ0) is 10.3. The Morgan fingerprint density at radius 3 is 3.00 bits per heavy atom. The molecule has 1 aromatic carbocycles. The summed E-state index contributed by atoms with van der Waals surface area (Å²) in [7, 11) is 1.61. The largest absolute Gasteiger partial charge is 0.337 e. The molecule has 1 aromatic rings. The summed E-state index contributed by atoms with van der Waals surface area (Å²) in [6.07, 6.45) is 0. The van der Waals surface area contributed by atoms with Gasteiger partial charge in [-0.25, -0.2) is 0 Å². The summed E-state index contributed by atoms with van der Waals surface area (Å²) in [5.74, 6) is -0.302. The van der Waals surface area contributed by atoms with E-state index in [1.807, 2.05) is 0 Å². The molecule has 0 unspecified atom stereocenters. The van der Waals surface area contributed by atoms with Crippen molar-refractivity contribution < 1.29 is 9.72 Å². The molecule has 0 saturated heterocycles. The molecule has 1 aliphatic rings. The van der Waals surface area contributed by atoms with Crippen LogP contribution in [0.3, 0.4) is 0 Å². The normalized spacial score (nSPS) is 14.4. The van der Waals surface area contributed by atoms with Gasteiger partial charge in [0.1, 0.15) is 5.56 Å². The molecule has 0 saturated carbocycles. The van der Waals surface area contributed by atoms with Crippen LogP contribution in [0.5, 0.6) is 0 Å². The van der Waals surface area contributed by atoms with Crippen LogP contribution in [0, 0.1) is 16.2 Å². The number of nitrogens with zero attached hydrogens (tertiary/aromatic N) is 2. The molecule has 1 heterocycles. The lowest BCUT2D eigenvalue weighted by atomic mass is 10.1. The summed E-state index contributed by atoms with van der Waals surface area (Å²) in [6, 6.07) is 5.62. The number of hydrogen-bond donors (Lipinski definition) is 0. The summed E-state index contributed by atoms with van der Waals surface area (Å²) < 4.78 is 0. The second-order valence-electron chi connectivity index (χ2n) is 3.13. The lowest BCUT2D eigenvalue weighted by Gasteiger charge is -2.04. The number of rotatable bonds is 1. The number of hydrogen-bond acceptors (Lipinski definition) is 3. The molecule has 0 spiro atoms. The highest BCUT2D eigenvalue weighted by molar-refractivity contribution is 6.01. The topological polar surface area (TPSA) is 63.4 Å². The van der Waals surface area contributed by atoms with Crippen molar-refractivity contribution in [2.45, 2.75) is 6.54 Å². The molecule has 0 bridgehead atoms. The van der Waals surface area contributed by atoms with E-state index in [0.29, 0.717) is 12.1 Å². The average molecular weight is 191 g/mol. The fourth-order valence-electron chi connectivity index (χ4n) is 1.55. The Hall–Kier alpha value is -1.91. The Morgan fingerprint density at radius 2 is 2.36 bits per heavy atom. The van der Waals surface area contributed by atoms with Crippen molar-refractivity contribution in [3.8, 4) is 0 Å². The van der Waals surface area contributed by atoms with E-state index in [9.17, 15) is 14.9 Å². The lowest BCUT2D eigenvalue weighted by Crippen LogP contribution is -2.18. The van der Waals surface area contributed by atoms with Crippen molar-refractivity contribution in [3.63, 3.8) is 0 Å². The molecular weight excluding hydrogens is 184 g/mol. The maximum atomic E-state index is 11.5. The van der Waals surface area contributed by atoms with E-state index in [1.165, 1.54) is 17.0 Å². The fraction of sp³-hybridized carbons (Fsp3) is 0.222. The van der Waals surface area contributed by atoms with E-state index in [4.69, 9.17) is 0 Å². The number of carbonyl (C=O) groups excluding carboxylic acids is 1. The van der Waals surface area contributed by atoms with E-state index in [-0.39, 0.29) is 17.2 Å². The zero-order valence-electron chi connectivity index (χ0n) is 7.48. The van der Waals surface area contributed by atoms with Gasteiger partial charge in [0.2, 0.25) is 0 Å². The first-order valence-corrected chi connectivity index (χ1v) is 4.04. The third-order valence-electron chi connectivity index (χ3n) is 2.21. The Bertz CT molecular complexity index is 428. The molecule has 1 amide bonds. The quantitative estimate of drug-likeness (QED) is 0.491. The van der Waals surface area contributed by atoms with Gasteiger partial charge in [-0.1, -0.05) is 0 Å². The van der Waals surface area contributed by atoms with Gasteiger partial charge in [0, 0.05) is 19.7 Å². The SMILES string of the molecule is CN1Cc2[c]ccc([N+](=O)[O-])c2C1=O. The number of nitro groups is 1. The van der Waals surface area contributed by atoms with Gasteiger partial charge in [-0.05, 0) is 17.7 Å². The van der Waals surface area contributed by atoms with Gasteiger partial charge < -0.3 is 4.90 Å². The van der Waals surface area contributed by atoms with Crippen LogP contribution in [0.15, 0.2) is 12.1 Å². The van der Waals surface area contributed by atoms with Crippen LogP contribution in [0.2, 0.25) is 0 Å². The van der Waals surface area contributed by atoms with Gasteiger partial charge in [0.15, 0.2) is 0 Å². The van der Waals surface area contributed by atoms with Crippen molar-refractivity contribution in [2.75, 3.05) is 7.05 Å². The highest BCUT2D eigenvalue weighted by Crippen LogP contribution is 2.29. The molecule has 2 rings (SSSR count). The molecule has 14 heavy (non-hydrogen) atoms. The molecule has 1 aliphatic heterocycles. The van der Waals surface area contributed by atoms with Crippen molar-refractivity contribution in [1.29, 1.82) is 0 Å². The maximum absolute atomic E-state index is 11.5. The minimum atomic E-state index is -0.538. The zero-order valence-corrected chi connectivity index (χ0v) is 7.48. The first kappa shape index (κ1) is 8.68. The summed E-state index contributed by atoms with van der Waals surface area (Å²) in [4.78, 5) is 23.1. The molecular formula is C9H7N2O3. The molecule has 1 radical (unpaired) electrons. The molecule has 0 fully saturated rings. The van der Waals surface area contributed by atoms with E-state index in [2.05, 4.69) is 6.07 Å². The van der Waals surface area contributed by atoms with Gasteiger partial charge in [-0.2, -0.15) is 0 Å². The van der Waals surface area contributed by atoms with Crippen molar-refractivity contribution in [2.24, 2.45) is 0 Å². The smallest absolute Gasteiger partial charge is 0.282 e. The van der Waals surface area contributed by atoms with Crippen LogP contribution in [0.25, 0.3) is 0 Å². The van der Waals surface area contributed by atoms with Gasteiger partial charge in [0.25, 0.3) is 11.6 Å². The van der Waals surface area contributed by atoms with E-state index in [0.717, 1.165) is 0 Å². The predicted octanol–water partition coefficient (Wildman–Crippen LogP) is 0.981. The number of benzene rings is 1. The van der Waals surface area contributed by atoms with Crippen molar-refractivity contribution in [1.82, 2.24) is 4.90 Å². The monoisotopic (exact) mass is 191 g/mol. The number of carbonyl (C=O) groups is 1. The Labute approximate surface area is 80.1 Å². The van der Waals surface area contributed by atoms with Crippen molar-refractivity contribution in [3.05, 3.63) is 39.4 Å². The number of nitro benzene ring substituents is 1. The highest BCUT2D eigenvalue weighted by atomic mass is 16.6. The maximum Gasteiger partial charge on any atom is 0.282 e. The summed E-state index contributed by atoms with van der Waals surface area (Å²) >= 11 is 0. The molecule has 0 aliphatic carbocycles. The van der Waals surface area contributed by atoms with Gasteiger partial charge >= 0.3 is 0 Å².